The maximum atomic E-state index is 8.91. The van der Waals surface area contributed by atoms with Crippen molar-refractivity contribution in [3.05, 3.63) is 29.8 Å². The van der Waals surface area contributed by atoms with Gasteiger partial charge in [-0.1, -0.05) is 19.1 Å². The Labute approximate surface area is 110 Å². The van der Waals surface area contributed by atoms with Crippen molar-refractivity contribution in [3.8, 4) is 5.75 Å². The van der Waals surface area contributed by atoms with Gasteiger partial charge in [0, 0.05) is 13.2 Å². The third-order valence-electron chi connectivity index (χ3n) is 2.93. The van der Waals surface area contributed by atoms with Crippen molar-refractivity contribution in [1.29, 1.82) is 0 Å². The zero-order valence-corrected chi connectivity index (χ0v) is 11.5. The summed E-state index contributed by atoms with van der Waals surface area (Å²) in [5.74, 6) is 1.34. The molecule has 1 unspecified atom stereocenters. The van der Waals surface area contributed by atoms with Crippen LogP contribution in [0, 0.1) is 5.92 Å². The molecule has 0 aliphatic carbocycles. The summed E-state index contributed by atoms with van der Waals surface area (Å²) in [6, 6.07) is 8.20. The van der Waals surface area contributed by atoms with E-state index in [4.69, 9.17) is 9.84 Å². The fraction of sp³-hybridized carbons (Fsp3) is 0.600. The minimum Gasteiger partial charge on any atom is -0.494 e. The summed E-state index contributed by atoms with van der Waals surface area (Å²) in [4.78, 5) is 0. The Kier molecular flexibility index (Phi) is 7.46. The van der Waals surface area contributed by atoms with E-state index in [2.05, 4.69) is 24.4 Å². The van der Waals surface area contributed by atoms with E-state index in [1.165, 1.54) is 5.56 Å². The summed E-state index contributed by atoms with van der Waals surface area (Å²) < 4.78 is 5.40. The number of rotatable bonds is 9. The molecule has 0 spiro atoms. The molecule has 0 fully saturated rings. The highest BCUT2D eigenvalue weighted by molar-refractivity contribution is 5.27. The summed E-state index contributed by atoms with van der Waals surface area (Å²) in [5.41, 5.74) is 1.27. The lowest BCUT2D eigenvalue weighted by Crippen LogP contribution is -2.15. The Balaban J connectivity index is 2.15. The van der Waals surface area contributed by atoms with Gasteiger partial charge in [0.15, 0.2) is 0 Å². The van der Waals surface area contributed by atoms with Crippen molar-refractivity contribution in [2.75, 3.05) is 19.8 Å². The first kappa shape index (κ1) is 15.0. The van der Waals surface area contributed by atoms with Gasteiger partial charge in [-0.3, -0.25) is 0 Å². The fourth-order valence-corrected chi connectivity index (χ4v) is 1.77. The van der Waals surface area contributed by atoms with Crippen LogP contribution in [0.2, 0.25) is 0 Å². The molecule has 102 valence electrons. The average Bonchev–Trinajstić information content (AvgIpc) is 2.40. The van der Waals surface area contributed by atoms with Crippen molar-refractivity contribution in [1.82, 2.24) is 5.32 Å². The molecule has 18 heavy (non-hydrogen) atoms. The SMILES string of the molecule is CCOc1ccc(CNCCCC(C)CO)cc1. The summed E-state index contributed by atoms with van der Waals surface area (Å²) in [6.07, 6.45) is 2.19. The molecule has 0 saturated carbocycles. The molecule has 1 atom stereocenters. The van der Waals surface area contributed by atoms with E-state index in [-0.39, 0.29) is 0 Å². The molecule has 0 aliphatic rings. The zero-order valence-electron chi connectivity index (χ0n) is 11.5. The second-order valence-corrected chi connectivity index (χ2v) is 4.68. The Morgan fingerprint density at radius 3 is 2.61 bits per heavy atom. The number of ether oxygens (including phenoxy) is 1. The Morgan fingerprint density at radius 2 is 2.00 bits per heavy atom. The van der Waals surface area contributed by atoms with Crippen LogP contribution in [0.15, 0.2) is 24.3 Å². The molecule has 0 amide bonds. The number of hydrogen-bond donors (Lipinski definition) is 2. The van der Waals surface area contributed by atoms with Crippen LogP contribution < -0.4 is 10.1 Å². The van der Waals surface area contributed by atoms with Crippen LogP contribution >= 0.6 is 0 Å². The summed E-state index contributed by atoms with van der Waals surface area (Å²) in [7, 11) is 0. The molecule has 0 aliphatic heterocycles. The number of hydrogen-bond acceptors (Lipinski definition) is 3. The molecular weight excluding hydrogens is 226 g/mol. The van der Waals surface area contributed by atoms with E-state index in [0.29, 0.717) is 19.1 Å². The molecular formula is C15H25NO2. The minimum atomic E-state index is 0.291. The zero-order chi connectivity index (χ0) is 13.2. The predicted octanol–water partition coefficient (Wildman–Crippen LogP) is 2.58. The van der Waals surface area contributed by atoms with Crippen LogP contribution in [-0.4, -0.2) is 24.9 Å². The van der Waals surface area contributed by atoms with Gasteiger partial charge in [-0.2, -0.15) is 0 Å². The standard InChI is InChI=1S/C15H25NO2/c1-3-18-15-8-6-14(7-9-15)11-16-10-4-5-13(2)12-17/h6-9,13,16-17H,3-5,10-12H2,1-2H3. The molecule has 0 radical (unpaired) electrons. The average molecular weight is 251 g/mol. The Bertz CT molecular complexity index is 311. The van der Waals surface area contributed by atoms with Gasteiger partial charge < -0.3 is 15.2 Å². The van der Waals surface area contributed by atoms with E-state index in [1.807, 2.05) is 19.1 Å². The van der Waals surface area contributed by atoms with Gasteiger partial charge in [-0.15, -0.1) is 0 Å². The third kappa shape index (κ3) is 6.03. The van der Waals surface area contributed by atoms with Crippen LogP contribution in [0.5, 0.6) is 5.75 Å². The first-order valence-electron chi connectivity index (χ1n) is 6.79. The predicted molar refractivity (Wildman–Crippen MR) is 74.8 cm³/mol. The molecule has 1 aromatic carbocycles. The quantitative estimate of drug-likeness (QED) is 0.663. The maximum Gasteiger partial charge on any atom is 0.119 e. The lowest BCUT2D eigenvalue weighted by molar-refractivity contribution is 0.228. The molecule has 0 heterocycles. The van der Waals surface area contributed by atoms with E-state index in [0.717, 1.165) is 31.7 Å². The molecule has 3 nitrogen and oxygen atoms in total. The molecule has 1 rings (SSSR count). The number of aliphatic hydroxyl groups excluding tert-OH is 1. The van der Waals surface area contributed by atoms with Crippen LogP contribution in [0.3, 0.4) is 0 Å². The Morgan fingerprint density at radius 1 is 1.28 bits per heavy atom. The topological polar surface area (TPSA) is 41.5 Å². The van der Waals surface area contributed by atoms with E-state index in [1.54, 1.807) is 0 Å². The highest BCUT2D eigenvalue weighted by Crippen LogP contribution is 2.11. The normalized spacial score (nSPS) is 12.4. The van der Waals surface area contributed by atoms with Crippen molar-refractivity contribution in [2.24, 2.45) is 5.92 Å². The summed E-state index contributed by atoms with van der Waals surface area (Å²) >= 11 is 0. The number of aliphatic hydroxyl groups is 1. The Hall–Kier alpha value is -1.06. The van der Waals surface area contributed by atoms with Gasteiger partial charge >= 0.3 is 0 Å². The molecule has 3 heteroatoms. The monoisotopic (exact) mass is 251 g/mol. The molecule has 0 saturated heterocycles. The van der Waals surface area contributed by atoms with E-state index >= 15 is 0 Å². The lowest BCUT2D eigenvalue weighted by atomic mass is 10.1. The van der Waals surface area contributed by atoms with Crippen LogP contribution in [0.1, 0.15) is 32.3 Å². The van der Waals surface area contributed by atoms with E-state index in [9.17, 15) is 0 Å². The largest absolute Gasteiger partial charge is 0.494 e. The maximum absolute atomic E-state index is 8.91. The summed E-state index contributed by atoms with van der Waals surface area (Å²) in [5, 5.41) is 12.3. The van der Waals surface area contributed by atoms with Gasteiger partial charge in [-0.25, -0.2) is 0 Å². The van der Waals surface area contributed by atoms with Crippen LogP contribution in [0.25, 0.3) is 0 Å². The van der Waals surface area contributed by atoms with Gasteiger partial charge in [0.2, 0.25) is 0 Å². The van der Waals surface area contributed by atoms with Gasteiger partial charge in [0.1, 0.15) is 5.75 Å². The molecule has 2 N–H and O–H groups in total. The molecule has 1 aromatic rings. The van der Waals surface area contributed by atoms with Gasteiger partial charge in [0.25, 0.3) is 0 Å². The first-order valence-corrected chi connectivity index (χ1v) is 6.79. The third-order valence-corrected chi connectivity index (χ3v) is 2.93. The molecule has 0 bridgehead atoms. The van der Waals surface area contributed by atoms with Crippen LogP contribution in [0.4, 0.5) is 0 Å². The fourth-order valence-electron chi connectivity index (χ4n) is 1.77. The van der Waals surface area contributed by atoms with Crippen LogP contribution in [-0.2, 0) is 6.54 Å². The van der Waals surface area contributed by atoms with Gasteiger partial charge in [-0.05, 0) is 49.9 Å². The number of nitrogens with one attached hydrogen (secondary N) is 1. The highest BCUT2D eigenvalue weighted by atomic mass is 16.5. The molecule has 0 aromatic heterocycles. The van der Waals surface area contributed by atoms with Crippen molar-refractivity contribution < 1.29 is 9.84 Å². The van der Waals surface area contributed by atoms with Crippen molar-refractivity contribution >= 4 is 0 Å². The summed E-state index contributed by atoms with van der Waals surface area (Å²) in [6.45, 7) is 6.95. The number of benzene rings is 1. The first-order chi connectivity index (χ1) is 8.76. The second-order valence-electron chi connectivity index (χ2n) is 4.68. The van der Waals surface area contributed by atoms with Gasteiger partial charge in [0.05, 0.1) is 6.61 Å². The van der Waals surface area contributed by atoms with Crippen molar-refractivity contribution in [2.45, 2.75) is 33.2 Å². The van der Waals surface area contributed by atoms with Crippen molar-refractivity contribution in [3.63, 3.8) is 0 Å². The smallest absolute Gasteiger partial charge is 0.119 e. The lowest BCUT2D eigenvalue weighted by Gasteiger charge is -2.09. The second kappa shape index (κ2) is 8.95. The highest BCUT2D eigenvalue weighted by Gasteiger charge is 1.99. The minimum absolute atomic E-state index is 0.291. The van der Waals surface area contributed by atoms with E-state index < -0.39 is 0 Å².